The predicted molar refractivity (Wildman–Crippen MR) is 92.4 cm³/mol. The zero-order valence-electron chi connectivity index (χ0n) is 13.9. The van der Waals surface area contributed by atoms with Gasteiger partial charge in [-0.3, -0.25) is 10.1 Å². The first-order valence-corrected chi connectivity index (χ1v) is 8.39. The topological polar surface area (TPSA) is 77.5 Å². The average Bonchev–Trinajstić information content (AvgIpc) is 3.01. The highest BCUT2D eigenvalue weighted by molar-refractivity contribution is 7.15. The fourth-order valence-corrected chi connectivity index (χ4v) is 2.96. The van der Waals surface area contributed by atoms with Gasteiger partial charge in [0, 0.05) is 24.1 Å². The molecule has 1 aromatic heterocycles. The molecule has 0 saturated heterocycles. The SMILES string of the molecule is CCOC(C)C(=O)Nc1ncc(Cc2cccc(C(=O)OC)c2)s1. The van der Waals surface area contributed by atoms with Gasteiger partial charge in [0.05, 0.1) is 12.7 Å². The maximum absolute atomic E-state index is 11.9. The zero-order chi connectivity index (χ0) is 17.5. The third-order valence-corrected chi connectivity index (χ3v) is 4.21. The Hall–Kier alpha value is -2.25. The summed E-state index contributed by atoms with van der Waals surface area (Å²) >= 11 is 1.40. The van der Waals surface area contributed by atoms with Crippen LogP contribution < -0.4 is 5.32 Å². The second kappa shape index (κ2) is 8.56. The van der Waals surface area contributed by atoms with Crippen LogP contribution in [0.15, 0.2) is 30.5 Å². The van der Waals surface area contributed by atoms with Crippen molar-refractivity contribution in [1.82, 2.24) is 4.98 Å². The molecular formula is C17H20N2O4S. The number of benzene rings is 1. The maximum atomic E-state index is 11.9. The summed E-state index contributed by atoms with van der Waals surface area (Å²) in [6.07, 6.45) is 1.83. The van der Waals surface area contributed by atoms with Gasteiger partial charge in [-0.25, -0.2) is 9.78 Å². The summed E-state index contributed by atoms with van der Waals surface area (Å²) in [5.74, 6) is -0.579. The molecule has 2 rings (SSSR count). The second-order valence-electron chi connectivity index (χ2n) is 5.09. The lowest BCUT2D eigenvalue weighted by atomic mass is 10.1. The lowest BCUT2D eigenvalue weighted by Crippen LogP contribution is -2.27. The molecule has 0 fully saturated rings. The summed E-state index contributed by atoms with van der Waals surface area (Å²) in [4.78, 5) is 28.7. The molecule has 128 valence electrons. The van der Waals surface area contributed by atoms with Crippen molar-refractivity contribution < 1.29 is 19.1 Å². The number of amides is 1. The van der Waals surface area contributed by atoms with Crippen molar-refractivity contribution in [2.45, 2.75) is 26.4 Å². The number of ether oxygens (including phenoxy) is 2. The molecule has 1 unspecified atom stereocenters. The summed E-state index contributed by atoms with van der Waals surface area (Å²) in [5, 5.41) is 3.27. The predicted octanol–water partition coefficient (Wildman–Crippen LogP) is 2.88. The van der Waals surface area contributed by atoms with Gasteiger partial charge in [-0.1, -0.05) is 12.1 Å². The summed E-state index contributed by atoms with van der Waals surface area (Å²) in [5.41, 5.74) is 1.49. The number of carbonyl (C=O) groups excluding carboxylic acids is 2. The van der Waals surface area contributed by atoms with E-state index in [2.05, 4.69) is 10.3 Å². The maximum Gasteiger partial charge on any atom is 0.337 e. The van der Waals surface area contributed by atoms with Gasteiger partial charge in [-0.05, 0) is 31.5 Å². The summed E-state index contributed by atoms with van der Waals surface area (Å²) < 4.78 is 9.97. The number of thiazole rings is 1. The number of hydrogen-bond donors (Lipinski definition) is 1. The molecule has 1 heterocycles. The van der Waals surface area contributed by atoms with Crippen LogP contribution in [0.2, 0.25) is 0 Å². The molecule has 1 amide bonds. The van der Waals surface area contributed by atoms with Crippen LogP contribution in [0.3, 0.4) is 0 Å². The van der Waals surface area contributed by atoms with Crippen molar-refractivity contribution >= 4 is 28.3 Å². The minimum absolute atomic E-state index is 0.217. The fourth-order valence-electron chi connectivity index (χ4n) is 2.11. The molecule has 0 aliphatic heterocycles. The van der Waals surface area contributed by atoms with Gasteiger partial charge in [0.1, 0.15) is 6.10 Å². The Balaban J connectivity index is 2.01. The Morgan fingerprint density at radius 2 is 2.17 bits per heavy atom. The lowest BCUT2D eigenvalue weighted by molar-refractivity contribution is -0.126. The molecule has 0 saturated carbocycles. The summed E-state index contributed by atoms with van der Waals surface area (Å²) in [7, 11) is 1.36. The van der Waals surface area contributed by atoms with E-state index in [0.717, 1.165) is 10.4 Å². The number of esters is 1. The van der Waals surface area contributed by atoms with E-state index in [1.165, 1.54) is 18.4 Å². The Kier molecular flexibility index (Phi) is 6.45. The third-order valence-electron chi connectivity index (χ3n) is 3.30. The molecule has 1 aromatic carbocycles. The molecule has 7 heteroatoms. The first-order valence-electron chi connectivity index (χ1n) is 7.58. The number of aromatic nitrogens is 1. The van der Waals surface area contributed by atoms with Crippen LogP contribution in [-0.2, 0) is 20.7 Å². The Morgan fingerprint density at radius 3 is 2.88 bits per heavy atom. The normalized spacial score (nSPS) is 11.8. The molecule has 0 bridgehead atoms. The molecule has 0 spiro atoms. The van der Waals surface area contributed by atoms with E-state index in [1.807, 2.05) is 19.1 Å². The van der Waals surface area contributed by atoms with Gasteiger partial charge < -0.3 is 9.47 Å². The van der Waals surface area contributed by atoms with E-state index in [1.54, 1.807) is 25.3 Å². The Morgan fingerprint density at radius 1 is 1.38 bits per heavy atom. The van der Waals surface area contributed by atoms with Gasteiger partial charge in [-0.2, -0.15) is 0 Å². The van der Waals surface area contributed by atoms with E-state index in [4.69, 9.17) is 9.47 Å². The molecular weight excluding hydrogens is 328 g/mol. The van der Waals surface area contributed by atoms with E-state index in [-0.39, 0.29) is 11.9 Å². The standard InChI is InChI=1S/C17H20N2O4S/c1-4-23-11(2)15(20)19-17-18-10-14(24-17)9-12-6-5-7-13(8-12)16(21)22-3/h5-8,10-11H,4,9H2,1-3H3,(H,18,19,20). The Bertz CT molecular complexity index is 714. The molecule has 1 atom stereocenters. The van der Waals surface area contributed by atoms with Gasteiger partial charge in [0.2, 0.25) is 0 Å². The molecule has 6 nitrogen and oxygen atoms in total. The van der Waals surface area contributed by atoms with Gasteiger partial charge >= 0.3 is 5.97 Å². The number of nitrogens with zero attached hydrogens (tertiary/aromatic N) is 1. The molecule has 0 aliphatic rings. The van der Waals surface area contributed by atoms with Crippen LogP contribution in [-0.4, -0.2) is 36.7 Å². The number of carbonyl (C=O) groups is 2. The third kappa shape index (κ3) is 4.87. The quantitative estimate of drug-likeness (QED) is 0.779. The minimum atomic E-state index is -0.515. The largest absolute Gasteiger partial charge is 0.465 e. The first kappa shape index (κ1) is 18.1. The van der Waals surface area contributed by atoms with Crippen LogP contribution in [0.25, 0.3) is 0 Å². The van der Waals surface area contributed by atoms with E-state index in [0.29, 0.717) is 23.7 Å². The second-order valence-corrected chi connectivity index (χ2v) is 6.20. The van der Waals surface area contributed by atoms with Crippen molar-refractivity contribution in [3.8, 4) is 0 Å². The molecule has 24 heavy (non-hydrogen) atoms. The fraction of sp³-hybridized carbons (Fsp3) is 0.353. The van der Waals surface area contributed by atoms with Crippen molar-refractivity contribution in [2.24, 2.45) is 0 Å². The average molecular weight is 348 g/mol. The molecule has 0 radical (unpaired) electrons. The van der Waals surface area contributed by atoms with Crippen LogP contribution in [0.5, 0.6) is 0 Å². The molecule has 1 N–H and O–H groups in total. The van der Waals surface area contributed by atoms with Gasteiger partial charge in [0.25, 0.3) is 5.91 Å². The molecule has 0 aliphatic carbocycles. The highest BCUT2D eigenvalue weighted by Gasteiger charge is 2.14. The van der Waals surface area contributed by atoms with Gasteiger partial charge in [-0.15, -0.1) is 11.3 Å². The highest BCUT2D eigenvalue weighted by atomic mass is 32.1. The van der Waals surface area contributed by atoms with Gasteiger partial charge in [0.15, 0.2) is 5.13 Å². The number of methoxy groups -OCH3 is 1. The van der Waals surface area contributed by atoms with E-state index in [9.17, 15) is 9.59 Å². The van der Waals surface area contributed by atoms with Crippen molar-refractivity contribution in [3.05, 3.63) is 46.5 Å². The zero-order valence-corrected chi connectivity index (χ0v) is 14.7. The van der Waals surface area contributed by atoms with Crippen LogP contribution >= 0.6 is 11.3 Å². The first-order chi connectivity index (χ1) is 11.5. The number of hydrogen-bond acceptors (Lipinski definition) is 6. The number of rotatable bonds is 7. The summed E-state index contributed by atoms with van der Waals surface area (Å²) in [6.45, 7) is 4.02. The Labute approximate surface area is 144 Å². The smallest absolute Gasteiger partial charge is 0.337 e. The van der Waals surface area contributed by atoms with E-state index >= 15 is 0 Å². The number of nitrogens with one attached hydrogen (secondary N) is 1. The van der Waals surface area contributed by atoms with Crippen LogP contribution in [0.4, 0.5) is 5.13 Å². The lowest BCUT2D eigenvalue weighted by Gasteiger charge is -2.09. The van der Waals surface area contributed by atoms with Crippen LogP contribution in [0.1, 0.15) is 34.6 Å². The molecule has 2 aromatic rings. The monoisotopic (exact) mass is 348 g/mol. The van der Waals surface area contributed by atoms with Crippen molar-refractivity contribution in [1.29, 1.82) is 0 Å². The van der Waals surface area contributed by atoms with E-state index < -0.39 is 6.10 Å². The summed E-state index contributed by atoms with van der Waals surface area (Å²) in [6, 6.07) is 7.25. The highest BCUT2D eigenvalue weighted by Crippen LogP contribution is 2.22. The van der Waals surface area contributed by atoms with Crippen LogP contribution in [0, 0.1) is 0 Å². The minimum Gasteiger partial charge on any atom is -0.465 e. The van der Waals surface area contributed by atoms with Crippen molar-refractivity contribution in [3.63, 3.8) is 0 Å². The van der Waals surface area contributed by atoms with Crippen molar-refractivity contribution in [2.75, 3.05) is 19.0 Å². The number of anilines is 1.